The van der Waals surface area contributed by atoms with Gasteiger partial charge in [0.2, 0.25) is 0 Å². The fourth-order valence-corrected chi connectivity index (χ4v) is 2.58. The Balaban J connectivity index is 2.23. The first kappa shape index (κ1) is 12.8. The number of nitrogens with zero attached hydrogens (tertiary/aromatic N) is 4. The highest BCUT2D eigenvalue weighted by Gasteiger charge is 2.31. The normalized spacial score (nSPS) is 20.6. The number of aryl methyl sites for hydroxylation is 1. The molecular formula is C12H19BrN4. The number of hydrogen-bond acceptors (Lipinski definition) is 4. The third-order valence-corrected chi connectivity index (χ3v) is 3.84. The molecule has 2 rings (SSSR count). The average molecular weight is 299 g/mol. The lowest BCUT2D eigenvalue weighted by Crippen LogP contribution is -2.57. The van der Waals surface area contributed by atoms with E-state index >= 15 is 0 Å². The minimum absolute atomic E-state index is 0.184. The molecule has 1 fully saturated rings. The van der Waals surface area contributed by atoms with Gasteiger partial charge < -0.3 is 4.90 Å². The van der Waals surface area contributed by atoms with Crippen LogP contribution in [0.5, 0.6) is 0 Å². The fraction of sp³-hybridized carbons (Fsp3) is 0.667. The van der Waals surface area contributed by atoms with Crippen LogP contribution in [-0.2, 0) is 0 Å². The molecular weight excluding hydrogens is 280 g/mol. The van der Waals surface area contributed by atoms with Gasteiger partial charge in [0.05, 0.1) is 0 Å². The van der Waals surface area contributed by atoms with Gasteiger partial charge >= 0.3 is 0 Å². The van der Waals surface area contributed by atoms with E-state index in [1.807, 2.05) is 13.0 Å². The van der Waals surface area contributed by atoms with Gasteiger partial charge in [-0.2, -0.15) is 0 Å². The van der Waals surface area contributed by atoms with Crippen molar-refractivity contribution < 1.29 is 0 Å². The number of likely N-dealkylation sites (N-methyl/N-ethyl adjacent to an activating group) is 1. The molecule has 1 aromatic rings. The predicted octanol–water partition coefficient (Wildman–Crippen LogP) is 2.08. The Labute approximate surface area is 111 Å². The van der Waals surface area contributed by atoms with E-state index in [1.54, 1.807) is 0 Å². The predicted molar refractivity (Wildman–Crippen MR) is 73.4 cm³/mol. The standard InChI is InChI=1S/C12H19BrN4/c1-9-14-10(13)7-11(15-9)17-6-5-16(4)12(2,3)8-17/h7H,5-6,8H2,1-4H3. The molecule has 0 aromatic carbocycles. The van der Waals surface area contributed by atoms with Gasteiger partial charge in [0, 0.05) is 31.2 Å². The maximum absolute atomic E-state index is 4.51. The lowest BCUT2D eigenvalue weighted by molar-refractivity contribution is 0.138. The summed E-state index contributed by atoms with van der Waals surface area (Å²) >= 11 is 3.43. The Morgan fingerprint density at radius 1 is 1.29 bits per heavy atom. The van der Waals surface area contributed by atoms with E-state index in [0.29, 0.717) is 0 Å². The number of rotatable bonds is 1. The van der Waals surface area contributed by atoms with Gasteiger partial charge in [-0.25, -0.2) is 9.97 Å². The molecule has 4 nitrogen and oxygen atoms in total. The van der Waals surface area contributed by atoms with Crippen LogP contribution in [0, 0.1) is 6.92 Å². The van der Waals surface area contributed by atoms with Gasteiger partial charge in [0.1, 0.15) is 16.2 Å². The molecule has 1 aliphatic heterocycles. The van der Waals surface area contributed by atoms with Crippen LogP contribution in [0.25, 0.3) is 0 Å². The van der Waals surface area contributed by atoms with E-state index in [0.717, 1.165) is 35.9 Å². The summed E-state index contributed by atoms with van der Waals surface area (Å²) in [5.41, 5.74) is 0.184. The van der Waals surface area contributed by atoms with Gasteiger partial charge in [-0.05, 0) is 43.7 Å². The van der Waals surface area contributed by atoms with Crippen LogP contribution < -0.4 is 4.90 Å². The smallest absolute Gasteiger partial charge is 0.133 e. The van der Waals surface area contributed by atoms with Crippen LogP contribution in [0.2, 0.25) is 0 Å². The molecule has 0 saturated carbocycles. The summed E-state index contributed by atoms with van der Waals surface area (Å²) < 4.78 is 0.858. The van der Waals surface area contributed by atoms with E-state index in [1.165, 1.54) is 0 Å². The zero-order valence-electron chi connectivity index (χ0n) is 10.9. The molecule has 0 radical (unpaired) electrons. The van der Waals surface area contributed by atoms with Gasteiger partial charge in [0.15, 0.2) is 0 Å². The Bertz CT molecular complexity index is 399. The molecule has 1 aromatic heterocycles. The summed E-state index contributed by atoms with van der Waals surface area (Å²) in [4.78, 5) is 13.5. The van der Waals surface area contributed by atoms with Crippen molar-refractivity contribution in [2.24, 2.45) is 0 Å². The summed E-state index contributed by atoms with van der Waals surface area (Å²) in [5, 5.41) is 0. The highest BCUT2D eigenvalue weighted by molar-refractivity contribution is 9.10. The third-order valence-electron chi connectivity index (χ3n) is 3.43. The Kier molecular flexibility index (Phi) is 3.41. The monoisotopic (exact) mass is 298 g/mol. The zero-order chi connectivity index (χ0) is 12.6. The number of piperazine rings is 1. The summed E-state index contributed by atoms with van der Waals surface area (Å²) in [5.74, 6) is 1.83. The second kappa shape index (κ2) is 4.53. The highest BCUT2D eigenvalue weighted by Crippen LogP contribution is 2.24. The quantitative estimate of drug-likeness (QED) is 0.743. The van der Waals surface area contributed by atoms with E-state index in [4.69, 9.17) is 0 Å². The van der Waals surface area contributed by atoms with Gasteiger partial charge in [-0.15, -0.1) is 0 Å². The van der Waals surface area contributed by atoms with E-state index in [-0.39, 0.29) is 5.54 Å². The molecule has 1 saturated heterocycles. The molecule has 0 N–H and O–H groups in total. The molecule has 0 aliphatic carbocycles. The maximum Gasteiger partial charge on any atom is 0.133 e. The van der Waals surface area contributed by atoms with Gasteiger partial charge in [-0.3, -0.25) is 4.90 Å². The Hall–Kier alpha value is -0.680. The fourth-order valence-electron chi connectivity index (χ4n) is 2.11. The number of anilines is 1. The van der Waals surface area contributed by atoms with Crippen LogP contribution in [0.3, 0.4) is 0 Å². The van der Waals surface area contributed by atoms with E-state index in [2.05, 4.69) is 56.6 Å². The Morgan fingerprint density at radius 3 is 2.59 bits per heavy atom. The number of hydrogen-bond donors (Lipinski definition) is 0. The van der Waals surface area contributed by atoms with Crippen LogP contribution in [0.4, 0.5) is 5.82 Å². The van der Waals surface area contributed by atoms with Crippen LogP contribution >= 0.6 is 15.9 Å². The molecule has 2 heterocycles. The first-order chi connectivity index (χ1) is 7.88. The molecule has 0 atom stereocenters. The van der Waals surface area contributed by atoms with Gasteiger partial charge in [0.25, 0.3) is 0 Å². The van der Waals surface area contributed by atoms with Crippen molar-refractivity contribution in [2.75, 3.05) is 31.6 Å². The summed E-state index contributed by atoms with van der Waals surface area (Å²) in [6.45, 7) is 9.53. The summed E-state index contributed by atoms with van der Waals surface area (Å²) in [6, 6.07) is 1.99. The van der Waals surface area contributed by atoms with Crippen molar-refractivity contribution in [3.8, 4) is 0 Å². The second-order valence-corrected chi connectivity index (χ2v) is 6.06. The topological polar surface area (TPSA) is 32.3 Å². The second-order valence-electron chi connectivity index (χ2n) is 5.25. The lowest BCUT2D eigenvalue weighted by Gasteiger charge is -2.45. The minimum atomic E-state index is 0.184. The Morgan fingerprint density at radius 2 is 2.00 bits per heavy atom. The first-order valence-corrected chi connectivity index (χ1v) is 6.65. The van der Waals surface area contributed by atoms with E-state index in [9.17, 15) is 0 Å². The number of aromatic nitrogens is 2. The van der Waals surface area contributed by atoms with Crippen molar-refractivity contribution in [1.29, 1.82) is 0 Å². The first-order valence-electron chi connectivity index (χ1n) is 5.86. The summed E-state index contributed by atoms with van der Waals surface area (Å²) in [7, 11) is 2.18. The molecule has 1 aliphatic rings. The third kappa shape index (κ3) is 2.77. The molecule has 0 amide bonds. The highest BCUT2D eigenvalue weighted by atomic mass is 79.9. The molecule has 94 valence electrons. The summed E-state index contributed by atoms with van der Waals surface area (Å²) in [6.07, 6.45) is 0. The van der Waals surface area contributed by atoms with Crippen molar-refractivity contribution in [1.82, 2.24) is 14.9 Å². The zero-order valence-corrected chi connectivity index (χ0v) is 12.5. The van der Waals surface area contributed by atoms with Gasteiger partial charge in [-0.1, -0.05) is 0 Å². The van der Waals surface area contributed by atoms with Crippen molar-refractivity contribution in [3.63, 3.8) is 0 Å². The van der Waals surface area contributed by atoms with Crippen LogP contribution in [-0.4, -0.2) is 47.1 Å². The average Bonchev–Trinajstić information content (AvgIpc) is 2.20. The minimum Gasteiger partial charge on any atom is -0.353 e. The maximum atomic E-state index is 4.51. The molecule has 17 heavy (non-hydrogen) atoms. The lowest BCUT2D eigenvalue weighted by atomic mass is 10.00. The molecule has 0 bridgehead atoms. The van der Waals surface area contributed by atoms with Crippen molar-refractivity contribution in [3.05, 3.63) is 16.5 Å². The van der Waals surface area contributed by atoms with Crippen molar-refractivity contribution in [2.45, 2.75) is 26.3 Å². The number of halogens is 1. The molecule has 0 spiro atoms. The largest absolute Gasteiger partial charge is 0.353 e. The molecule has 0 unspecified atom stereocenters. The molecule has 5 heteroatoms. The SMILES string of the molecule is Cc1nc(Br)cc(N2CCN(C)C(C)(C)C2)n1. The van der Waals surface area contributed by atoms with Crippen LogP contribution in [0.1, 0.15) is 19.7 Å². The van der Waals surface area contributed by atoms with E-state index < -0.39 is 0 Å². The van der Waals surface area contributed by atoms with Crippen LogP contribution in [0.15, 0.2) is 10.7 Å². The van der Waals surface area contributed by atoms with Crippen molar-refractivity contribution >= 4 is 21.7 Å².